The summed E-state index contributed by atoms with van der Waals surface area (Å²) in [6.45, 7) is 6.47. The minimum absolute atomic E-state index is 0.109. The minimum Gasteiger partial charge on any atom is -0.462 e. The van der Waals surface area contributed by atoms with Crippen molar-refractivity contribution in [3.8, 4) is 0 Å². The fourth-order valence-corrected chi connectivity index (χ4v) is 9.79. The third-order valence-electron chi connectivity index (χ3n) is 15.0. The van der Waals surface area contributed by atoms with Gasteiger partial charge in [0.2, 0.25) is 0 Å². The zero-order valence-electron chi connectivity index (χ0n) is 54.0. The molecule has 0 saturated carbocycles. The maximum atomic E-state index is 12.9. The summed E-state index contributed by atoms with van der Waals surface area (Å²) >= 11 is 0. The lowest BCUT2D eigenvalue weighted by atomic mass is 10.0. The third-order valence-corrected chi connectivity index (χ3v) is 15.0. The number of ether oxygens (including phenoxy) is 3. The molecule has 0 spiro atoms. The highest BCUT2D eigenvalue weighted by molar-refractivity contribution is 5.71. The van der Waals surface area contributed by atoms with Gasteiger partial charge in [0.25, 0.3) is 0 Å². The van der Waals surface area contributed by atoms with E-state index >= 15 is 0 Å². The molecular weight excluding hydrogens is 1010 g/mol. The molecular formula is C76H130O6. The monoisotopic (exact) mass is 1140 g/mol. The van der Waals surface area contributed by atoms with E-state index in [0.717, 1.165) is 96.3 Å². The lowest BCUT2D eigenvalue weighted by Gasteiger charge is -2.18. The highest BCUT2D eigenvalue weighted by Gasteiger charge is 2.19. The quantitative estimate of drug-likeness (QED) is 0.0261. The van der Waals surface area contributed by atoms with Crippen LogP contribution in [0.1, 0.15) is 335 Å². The van der Waals surface area contributed by atoms with Gasteiger partial charge in [0.1, 0.15) is 13.2 Å². The summed E-state index contributed by atoms with van der Waals surface area (Å²) in [5, 5.41) is 0. The second kappa shape index (κ2) is 69.6. The molecule has 0 bridgehead atoms. The van der Waals surface area contributed by atoms with E-state index in [-0.39, 0.29) is 31.6 Å². The van der Waals surface area contributed by atoms with E-state index in [1.807, 2.05) is 6.08 Å². The molecule has 0 N–H and O–H groups in total. The first-order chi connectivity index (χ1) is 40.5. The van der Waals surface area contributed by atoms with E-state index in [2.05, 4.69) is 124 Å². The Morgan fingerprint density at radius 3 is 0.805 bits per heavy atom. The van der Waals surface area contributed by atoms with Gasteiger partial charge in [-0.15, -0.1) is 0 Å². The molecule has 0 aliphatic heterocycles. The van der Waals surface area contributed by atoms with Crippen molar-refractivity contribution >= 4 is 17.9 Å². The number of esters is 3. The highest BCUT2D eigenvalue weighted by atomic mass is 16.6. The van der Waals surface area contributed by atoms with Crippen LogP contribution in [0, 0.1) is 0 Å². The minimum atomic E-state index is -0.824. The van der Waals surface area contributed by atoms with E-state index < -0.39 is 12.1 Å². The van der Waals surface area contributed by atoms with Gasteiger partial charge in [0.15, 0.2) is 6.10 Å². The van der Waals surface area contributed by atoms with Crippen LogP contribution in [0.5, 0.6) is 0 Å². The Labute approximate surface area is 508 Å². The number of hydrogen-bond acceptors (Lipinski definition) is 6. The molecule has 0 aromatic rings. The lowest BCUT2D eigenvalue weighted by Crippen LogP contribution is -2.30. The van der Waals surface area contributed by atoms with E-state index in [9.17, 15) is 14.4 Å². The zero-order valence-corrected chi connectivity index (χ0v) is 54.0. The summed E-state index contributed by atoms with van der Waals surface area (Å²) in [6.07, 6.45) is 95.7. The van der Waals surface area contributed by atoms with E-state index in [0.29, 0.717) is 19.3 Å². The fourth-order valence-electron chi connectivity index (χ4n) is 9.79. The summed E-state index contributed by atoms with van der Waals surface area (Å²) in [5.74, 6) is -0.992. The standard InChI is InChI=1S/C76H130O6/c1-4-7-10-13-16-19-22-25-28-30-32-33-34-35-36-37-38-39-40-41-42-43-45-46-48-51-54-57-60-63-66-69-75(78)81-72-73(71-80-74(77)68-65-62-59-56-53-50-27-24-21-18-15-12-9-6-3)82-76(79)70-67-64-61-58-55-52-49-47-44-31-29-26-23-20-17-14-11-8-5-2/h8,11,17,20,22,24-27,29-30,32,44,47,52,55,61,64,73H,4-7,9-10,12-16,18-19,21,23,28,31,33-43,45-46,48-51,53-54,56-60,62-63,65-72H2,1-3H3/b11-8-,20-17-,25-22-,27-24-,29-26-,32-30-,47-44-,55-52-,64-61-. The van der Waals surface area contributed by atoms with Crippen LogP contribution in [-0.2, 0) is 28.6 Å². The predicted octanol–water partition coefficient (Wildman–Crippen LogP) is 24.2. The van der Waals surface area contributed by atoms with Crippen LogP contribution in [-0.4, -0.2) is 37.2 Å². The van der Waals surface area contributed by atoms with Crippen molar-refractivity contribution in [1.29, 1.82) is 0 Å². The molecule has 0 saturated heterocycles. The van der Waals surface area contributed by atoms with Crippen LogP contribution in [0.15, 0.2) is 109 Å². The van der Waals surface area contributed by atoms with E-state index in [1.54, 1.807) is 0 Å². The van der Waals surface area contributed by atoms with Crippen molar-refractivity contribution in [1.82, 2.24) is 0 Å². The normalized spacial score (nSPS) is 12.8. The van der Waals surface area contributed by atoms with Crippen molar-refractivity contribution in [3.63, 3.8) is 0 Å². The largest absolute Gasteiger partial charge is 0.462 e. The third kappa shape index (κ3) is 66.9. The van der Waals surface area contributed by atoms with Gasteiger partial charge in [-0.1, -0.05) is 310 Å². The Balaban J connectivity index is 4.29. The van der Waals surface area contributed by atoms with Gasteiger partial charge < -0.3 is 14.2 Å². The Bertz CT molecular complexity index is 1640. The number of unbranched alkanes of at least 4 members (excludes halogenated alkanes) is 34. The number of carbonyl (C=O) groups excluding carboxylic acids is 3. The van der Waals surface area contributed by atoms with Crippen molar-refractivity contribution in [2.75, 3.05) is 13.2 Å². The summed E-state index contributed by atoms with van der Waals surface area (Å²) < 4.78 is 16.9. The molecule has 82 heavy (non-hydrogen) atoms. The van der Waals surface area contributed by atoms with Gasteiger partial charge in [-0.2, -0.15) is 0 Å². The Hall–Kier alpha value is -3.93. The first-order valence-corrected chi connectivity index (χ1v) is 34.9. The van der Waals surface area contributed by atoms with Crippen LogP contribution in [0.3, 0.4) is 0 Å². The average Bonchev–Trinajstić information content (AvgIpc) is 3.47. The van der Waals surface area contributed by atoms with Gasteiger partial charge in [0, 0.05) is 19.3 Å². The molecule has 0 aliphatic carbocycles. The maximum absolute atomic E-state index is 12.9. The second-order valence-electron chi connectivity index (χ2n) is 23.1. The van der Waals surface area contributed by atoms with Gasteiger partial charge in [-0.05, 0) is 116 Å². The van der Waals surface area contributed by atoms with Crippen molar-refractivity contribution in [3.05, 3.63) is 109 Å². The first kappa shape index (κ1) is 78.1. The number of hydrogen-bond donors (Lipinski definition) is 0. The van der Waals surface area contributed by atoms with Crippen LogP contribution >= 0.6 is 0 Å². The molecule has 0 fully saturated rings. The summed E-state index contributed by atoms with van der Waals surface area (Å²) in [6, 6.07) is 0. The molecule has 1 unspecified atom stereocenters. The number of rotatable bonds is 63. The number of allylic oxidation sites excluding steroid dienone is 18. The molecule has 0 aliphatic rings. The van der Waals surface area contributed by atoms with Crippen LogP contribution in [0.4, 0.5) is 0 Å². The van der Waals surface area contributed by atoms with Crippen LogP contribution in [0.25, 0.3) is 0 Å². The van der Waals surface area contributed by atoms with Crippen molar-refractivity contribution in [2.24, 2.45) is 0 Å². The second-order valence-corrected chi connectivity index (χ2v) is 23.1. The molecule has 0 radical (unpaired) electrons. The SMILES string of the molecule is CC/C=C\C/C=C\C/C=C\C/C=C\C/C=C\C/C=C\CCC(=O)OC(COC(=O)CCCCCCC/C=C\CCCCCCC)COC(=O)CCCCCCCCCCCCCCCCCCCCC/C=C\C/C=C\CCCCCCC. The molecule has 6 heteroatoms. The van der Waals surface area contributed by atoms with Gasteiger partial charge in [0.05, 0.1) is 0 Å². The Morgan fingerprint density at radius 1 is 0.256 bits per heavy atom. The molecule has 0 rings (SSSR count). The Morgan fingerprint density at radius 2 is 0.500 bits per heavy atom. The zero-order chi connectivity index (χ0) is 59.2. The lowest BCUT2D eigenvalue weighted by molar-refractivity contribution is -0.166. The molecule has 0 amide bonds. The molecule has 1 atom stereocenters. The Kier molecular flexibility index (Phi) is 66.2. The molecule has 6 nitrogen and oxygen atoms in total. The molecule has 0 heterocycles. The smallest absolute Gasteiger partial charge is 0.306 e. The van der Waals surface area contributed by atoms with Crippen molar-refractivity contribution in [2.45, 2.75) is 341 Å². The van der Waals surface area contributed by atoms with E-state index in [4.69, 9.17) is 14.2 Å². The van der Waals surface area contributed by atoms with Gasteiger partial charge >= 0.3 is 17.9 Å². The van der Waals surface area contributed by atoms with E-state index in [1.165, 1.54) is 193 Å². The van der Waals surface area contributed by atoms with Crippen molar-refractivity contribution < 1.29 is 28.6 Å². The topological polar surface area (TPSA) is 78.9 Å². The summed E-state index contributed by atoms with van der Waals surface area (Å²) in [5.41, 5.74) is 0. The fraction of sp³-hybridized carbons (Fsp3) is 0.724. The van der Waals surface area contributed by atoms with Crippen LogP contribution in [0.2, 0.25) is 0 Å². The molecule has 0 aromatic carbocycles. The number of carbonyl (C=O) groups is 3. The van der Waals surface area contributed by atoms with Crippen LogP contribution < -0.4 is 0 Å². The van der Waals surface area contributed by atoms with Gasteiger partial charge in [-0.3, -0.25) is 14.4 Å². The first-order valence-electron chi connectivity index (χ1n) is 34.9. The predicted molar refractivity (Wildman–Crippen MR) is 357 cm³/mol. The average molecular weight is 1140 g/mol. The summed E-state index contributed by atoms with van der Waals surface area (Å²) in [4.78, 5) is 38.3. The molecule has 470 valence electrons. The maximum Gasteiger partial charge on any atom is 0.306 e. The highest BCUT2D eigenvalue weighted by Crippen LogP contribution is 2.17. The molecule has 0 aromatic heterocycles. The summed E-state index contributed by atoms with van der Waals surface area (Å²) in [7, 11) is 0. The van der Waals surface area contributed by atoms with Gasteiger partial charge in [-0.25, -0.2) is 0 Å².